The van der Waals surface area contributed by atoms with Crippen LogP contribution in [0.15, 0.2) is 24.3 Å². The van der Waals surface area contributed by atoms with E-state index in [1.807, 2.05) is 43.9 Å². The van der Waals surface area contributed by atoms with Crippen LogP contribution >= 0.6 is 22.9 Å². The van der Waals surface area contributed by atoms with Crippen molar-refractivity contribution in [1.82, 2.24) is 4.90 Å². The van der Waals surface area contributed by atoms with Crippen molar-refractivity contribution in [3.05, 3.63) is 55.7 Å². The van der Waals surface area contributed by atoms with Crippen LogP contribution in [0, 0.1) is 13.8 Å². The highest BCUT2D eigenvalue weighted by Crippen LogP contribution is 2.43. The monoisotopic (exact) mass is 379 g/mol. The summed E-state index contributed by atoms with van der Waals surface area (Å²) in [6, 6.07) is 6.33. The number of halogens is 1. The van der Waals surface area contributed by atoms with Gasteiger partial charge in [0, 0.05) is 30.1 Å². The normalized spacial score (nSPS) is 21.9. The maximum Gasteiger partial charge on any atom is 0.328 e. The molecule has 134 valence electrons. The van der Waals surface area contributed by atoms with E-state index in [9.17, 15) is 4.79 Å². The van der Waals surface area contributed by atoms with Crippen LogP contribution in [0.5, 0.6) is 0 Å². The van der Waals surface area contributed by atoms with Gasteiger partial charge in [-0.1, -0.05) is 29.8 Å². The second-order valence-corrected chi connectivity index (χ2v) is 7.86. The molecule has 1 aromatic heterocycles. The minimum absolute atomic E-state index is 0.106. The Labute approximate surface area is 161 Å². The maximum absolute atomic E-state index is 12.9. The van der Waals surface area contributed by atoms with E-state index in [0.29, 0.717) is 10.6 Å². The Balaban J connectivity index is 2.14. The molecule has 1 aromatic carbocycles. The zero-order valence-electron chi connectivity index (χ0n) is 16.9. The van der Waals surface area contributed by atoms with Gasteiger partial charge in [-0.05, 0) is 56.8 Å². The smallest absolute Gasteiger partial charge is 0.328 e. The van der Waals surface area contributed by atoms with Crippen LogP contribution < -0.4 is 0 Å². The van der Waals surface area contributed by atoms with E-state index in [1.54, 1.807) is 13.0 Å². The van der Waals surface area contributed by atoms with Crippen LogP contribution in [0.3, 0.4) is 0 Å². The summed E-state index contributed by atoms with van der Waals surface area (Å²) in [7, 11) is 0. The van der Waals surface area contributed by atoms with E-state index in [4.69, 9.17) is 19.1 Å². The molecule has 0 bridgehead atoms. The largest absolute Gasteiger partial charge is 0.465 e. The summed E-state index contributed by atoms with van der Waals surface area (Å²) in [6.45, 7) is 8.20. The molecule has 1 aliphatic heterocycles. The van der Waals surface area contributed by atoms with Gasteiger partial charge in [-0.25, -0.2) is 4.79 Å². The number of rotatable bonds is 4. The quantitative estimate of drug-likeness (QED) is 0.680. The number of nitrogens with zero attached hydrogens (tertiary/aromatic N) is 1. The van der Waals surface area contributed by atoms with Crippen molar-refractivity contribution in [2.75, 3.05) is 13.2 Å². The number of benzene rings is 1. The Bertz CT molecular complexity index is 868. The number of esters is 1. The number of carbonyl (C=O) groups excluding carboxylic acids is 1. The van der Waals surface area contributed by atoms with Crippen LogP contribution in [0.2, 0.25) is 5.02 Å². The van der Waals surface area contributed by atoms with Crippen LogP contribution in [-0.4, -0.2) is 24.0 Å². The molecule has 5 heteroatoms. The zero-order valence-corrected chi connectivity index (χ0v) is 16.5. The summed E-state index contributed by atoms with van der Waals surface area (Å²) in [4.78, 5) is 16.7. The molecule has 2 atom stereocenters. The molecule has 0 N–H and O–H groups in total. The van der Waals surface area contributed by atoms with Gasteiger partial charge in [-0.15, -0.1) is 11.3 Å². The Morgan fingerprint density at radius 1 is 1.48 bits per heavy atom. The molecule has 1 unspecified atom stereocenters. The lowest BCUT2D eigenvalue weighted by Gasteiger charge is -2.39. The second-order valence-electron chi connectivity index (χ2n) is 6.23. The highest BCUT2D eigenvalue weighted by atomic mass is 35.5. The summed E-state index contributed by atoms with van der Waals surface area (Å²) in [6.07, 6.45) is -1.54. The molecule has 25 heavy (non-hydrogen) atoms. The third kappa shape index (κ3) is 3.35. The number of ether oxygens (including phenoxy) is 1. The minimum atomic E-state index is -1.54. The topological polar surface area (TPSA) is 29.5 Å². The fourth-order valence-corrected chi connectivity index (χ4v) is 4.80. The van der Waals surface area contributed by atoms with Crippen molar-refractivity contribution in [3.63, 3.8) is 0 Å². The Kier molecular flexibility index (Phi) is 4.75. The van der Waals surface area contributed by atoms with Gasteiger partial charge in [0.1, 0.15) is 6.04 Å². The van der Waals surface area contributed by atoms with Gasteiger partial charge in [0.2, 0.25) is 0 Å². The van der Waals surface area contributed by atoms with Crippen molar-refractivity contribution in [1.29, 1.82) is 0 Å². The van der Waals surface area contributed by atoms with Gasteiger partial charge < -0.3 is 4.74 Å². The summed E-state index contributed by atoms with van der Waals surface area (Å²) >= 11 is 7.93. The van der Waals surface area contributed by atoms with Gasteiger partial charge in [0.25, 0.3) is 0 Å². The molecule has 2 heterocycles. The highest BCUT2D eigenvalue weighted by Gasteiger charge is 2.38. The van der Waals surface area contributed by atoms with Crippen molar-refractivity contribution in [2.45, 2.75) is 46.2 Å². The molecule has 3 rings (SSSR count). The number of hydrogen-bond acceptors (Lipinski definition) is 4. The number of carbonyl (C=O) groups is 1. The first-order valence-electron chi connectivity index (χ1n) is 9.46. The Morgan fingerprint density at radius 2 is 2.20 bits per heavy atom. The molecular formula is C20H24ClNO2S. The van der Waals surface area contributed by atoms with Crippen LogP contribution in [0.1, 0.15) is 55.1 Å². The zero-order chi connectivity index (χ0) is 19.9. The summed E-state index contributed by atoms with van der Waals surface area (Å²) in [5.41, 5.74) is 2.72. The summed E-state index contributed by atoms with van der Waals surface area (Å²) < 4.78 is 22.6. The second kappa shape index (κ2) is 7.48. The predicted molar refractivity (Wildman–Crippen MR) is 103 cm³/mol. The lowest BCUT2D eigenvalue weighted by Crippen LogP contribution is -2.41. The maximum atomic E-state index is 12.9. The molecule has 0 fully saturated rings. The van der Waals surface area contributed by atoms with Crippen molar-refractivity contribution < 1.29 is 12.3 Å². The third-order valence-corrected chi connectivity index (χ3v) is 6.34. The third-order valence-electron chi connectivity index (χ3n) is 4.81. The number of aryl methyl sites for hydroxylation is 1. The average Bonchev–Trinajstić information content (AvgIpc) is 2.91. The standard InChI is InChI=1S/C20H24ClNO2S/c1-5-24-20(23)19(15-8-6-7-9-16(15)21)22-11-10-17-18(13(22)3)12(2)14(4)25-17/h6-9,13,19H,5,10-11H2,1-4H3/t13?,19-/m0/s1/i10D2. The molecule has 0 radical (unpaired) electrons. The Morgan fingerprint density at radius 3 is 2.88 bits per heavy atom. The van der Waals surface area contributed by atoms with Gasteiger partial charge >= 0.3 is 5.97 Å². The average molecular weight is 380 g/mol. The first-order chi connectivity index (χ1) is 12.7. The molecule has 3 nitrogen and oxygen atoms in total. The van der Waals surface area contributed by atoms with Crippen molar-refractivity contribution >= 4 is 28.9 Å². The van der Waals surface area contributed by atoms with Gasteiger partial charge in [0.15, 0.2) is 0 Å². The number of hydrogen-bond donors (Lipinski definition) is 0. The van der Waals surface area contributed by atoms with Crippen LogP contribution in [0.25, 0.3) is 0 Å². The number of thiophene rings is 1. The summed E-state index contributed by atoms with van der Waals surface area (Å²) in [5.74, 6) is -0.402. The van der Waals surface area contributed by atoms with E-state index in [1.165, 1.54) is 11.3 Å². The first kappa shape index (κ1) is 15.9. The molecule has 0 saturated heterocycles. The molecule has 0 amide bonds. The van der Waals surface area contributed by atoms with Crippen LogP contribution in [-0.2, 0) is 15.9 Å². The molecular weight excluding hydrogens is 354 g/mol. The summed E-state index contributed by atoms with van der Waals surface area (Å²) in [5, 5.41) is 0.479. The van der Waals surface area contributed by atoms with Crippen LogP contribution in [0.4, 0.5) is 0 Å². The molecule has 1 aliphatic rings. The minimum Gasteiger partial charge on any atom is -0.465 e. The fraction of sp³-hybridized carbons (Fsp3) is 0.450. The van der Waals surface area contributed by atoms with Crippen molar-refractivity contribution in [2.24, 2.45) is 0 Å². The first-order valence-corrected chi connectivity index (χ1v) is 9.65. The van der Waals surface area contributed by atoms with Gasteiger partial charge in [-0.2, -0.15) is 0 Å². The van der Waals surface area contributed by atoms with E-state index in [-0.39, 0.29) is 19.2 Å². The molecule has 0 saturated carbocycles. The number of fused-ring (bicyclic) bond motifs is 1. The van der Waals surface area contributed by atoms with E-state index >= 15 is 0 Å². The Hall–Kier alpha value is -1.36. The van der Waals surface area contributed by atoms with E-state index in [0.717, 1.165) is 20.9 Å². The highest BCUT2D eigenvalue weighted by molar-refractivity contribution is 7.12. The van der Waals surface area contributed by atoms with E-state index < -0.39 is 18.4 Å². The lowest BCUT2D eigenvalue weighted by atomic mass is 9.93. The lowest BCUT2D eigenvalue weighted by molar-refractivity contribution is -0.151. The molecule has 0 aliphatic carbocycles. The van der Waals surface area contributed by atoms with E-state index in [2.05, 4.69) is 0 Å². The fourth-order valence-electron chi connectivity index (χ4n) is 3.42. The van der Waals surface area contributed by atoms with Gasteiger partial charge in [-0.3, -0.25) is 4.90 Å². The molecule has 0 spiro atoms. The van der Waals surface area contributed by atoms with Gasteiger partial charge in [0.05, 0.1) is 6.61 Å². The van der Waals surface area contributed by atoms with Crippen molar-refractivity contribution in [3.8, 4) is 0 Å². The molecule has 2 aromatic rings. The predicted octanol–water partition coefficient (Wildman–Crippen LogP) is 5.24. The SMILES string of the molecule is [2H]C1([2H])CN([C@H](C(=O)OCC)c2ccccc2Cl)C(C)c2c1sc(C)c2C.